The van der Waals surface area contributed by atoms with E-state index in [1.807, 2.05) is 0 Å². The van der Waals surface area contributed by atoms with Crippen LogP contribution in [0.25, 0.3) is 0 Å². The van der Waals surface area contributed by atoms with Crippen LogP contribution in [0.15, 0.2) is 0 Å². The predicted octanol–water partition coefficient (Wildman–Crippen LogP) is -0.779. The number of carbonyl (C=O) groups is 2. The molecule has 0 saturated heterocycles. The van der Waals surface area contributed by atoms with Gasteiger partial charge in [-0.1, -0.05) is 0 Å². The third-order valence-corrected chi connectivity index (χ3v) is 1.98. The molecule has 0 rings (SSSR count). The molecule has 2 atom stereocenters. The molecule has 0 bridgehead atoms. The molecule has 0 aromatic rings. The fourth-order valence-electron chi connectivity index (χ4n) is 0.774. The Kier molecular flexibility index (Phi) is 7.89. The van der Waals surface area contributed by atoms with Crippen molar-refractivity contribution in [3.05, 3.63) is 0 Å². The third kappa shape index (κ3) is 9.71. The molecule has 0 saturated carbocycles. The highest BCUT2D eigenvalue weighted by Crippen LogP contribution is 2.03. The minimum absolute atomic E-state index is 0.179. The lowest BCUT2D eigenvalue weighted by atomic mass is 10.2. The Bertz CT molecular complexity index is 271. The van der Waals surface area contributed by atoms with E-state index in [0.29, 0.717) is 0 Å². The first-order chi connectivity index (χ1) is 7.41. The number of hydrogen-bond acceptors (Lipinski definition) is 8. The van der Waals surface area contributed by atoms with Crippen LogP contribution in [0, 0.1) is 0 Å². The van der Waals surface area contributed by atoms with Gasteiger partial charge in [0.05, 0.1) is 0 Å². The van der Waals surface area contributed by atoms with E-state index >= 15 is 0 Å². The maximum Gasteiger partial charge on any atom is 0.319 e. The molecule has 0 radical (unpaired) electrons. The van der Waals surface area contributed by atoms with E-state index < -0.39 is 34.7 Å². The molecule has 0 aliphatic carbocycles. The average molecular weight is 272 g/mol. The normalized spacial score (nSPS) is 13.9. The van der Waals surface area contributed by atoms with Gasteiger partial charge in [-0.05, 0) is 12.8 Å². The molecule has 0 fully saturated rings. The molecule has 0 aromatic carbocycles. The van der Waals surface area contributed by atoms with Gasteiger partial charge in [0.15, 0.2) is 0 Å². The predicted molar refractivity (Wildman–Crippen MR) is 48.5 cm³/mol. The summed E-state index contributed by atoms with van der Waals surface area (Å²) in [5, 5.41) is 0. The van der Waals surface area contributed by atoms with E-state index in [4.69, 9.17) is 0 Å². The lowest BCUT2D eigenvalue weighted by Crippen LogP contribution is -2.08. The van der Waals surface area contributed by atoms with Crippen molar-refractivity contribution in [1.29, 1.82) is 0 Å². The Balaban J connectivity index is 3.53. The molecule has 0 aliphatic rings. The van der Waals surface area contributed by atoms with Gasteiger partial charge < -0.3 is 17.5 Å². The zero-order chi connectivity index (χ0) is 12.6. The summed E-state index contributed by atoms with van der Waals surface area (Å²) in [6.45, 7) is 0. The summed E-state index contributed by atoms with van der Waals surface area (Å²) in [7, 11) is 0. The summed E-state index contributed by atoms with van der Waals surface area (Å²) in [5.41, 5.74) is 0. The SMILES string of the molecule is O=C(CCCCC(=O)OS(=O)[O-])OS(=O)[O-]. The third-order valence-electron chi connectivity index (χ3n) is 1.33. The lowest BCUT2D eigenvalue weighted by molar-refractivity contribution is -0.136. The zero-order valence-corrected chi connectivity index (χ0v) is 9.54. The van der Waals surface area contributed by atoms with Crippen LogP contribution in [0.2, 0.25) is 0 Å². The van der Waals surface area contributed by atoms with Crippen molar-refractivity contribution in [1.82, 2.24) is 0 Å². The van der Waals surface area contributed by atoms with Crippen molar-refractivity contribution in [2.45, 2.75) is 25.7 Å². The van der Waals surface area contributed by atoms with Gasteiger partial charge in [0.2, 0.25) is 0 Å². The molecule has 0 amide bonds. The van der Waals surface area contributed by atoms with Crippen LogP contribution < -0.4 is 0 Å². The second-order valence-corrected chi connectivity index (χ2v) is 3.68. The Hall–Kier alpha value is -0.840. The summed E-state index contributed by atoms with van der Waals surface area (Å²) in [4.78, 5) is 21.3. The molecule has 94 valence electrons. The van der Waals surface area contributed by atoms with Crippen molar-refractivity contribution in [2.75, 3.05) is 0 Å². The molecule has 0 aromatic heterocycles. The molecule has 0 aliphatic heterocycles. The number of rotatable bonds is 7. The van der Waals surface area contributed by atoms with Gasteiger partial charge in [-0.15, -0.1) is 0 Å². The zero-order valence-electron chi connectivity index (χ0n) is 7.91. The van der Waals surface area contributed by atoms with Crippen LogP contribution in [0.1, 0.15) is 25.7 Å². The standard InChI is InChI=1S/C6H10O8S2/c7-5(13-15(9)10)3-1-2-4-6(8)14-16(11)12/h1-4H2,(H,9,10)(H,11,12)/p-2. The Morgan fingerprint density at radius 3 is 1.44 bits per heavy atom. The van der Waals surface area contributed by atoms with Gasteiger partial charge in [-0.2, -0.15) is 0 Å². The van der Waals surface area contributed by atoms with Gasteiger partial charge in [0, 0.05) is 12.8 Å². The fourth-order valence-corrected chi connectivity index (χ4v) is 1.24. The van der Waals surface area contributed by atoms with Crippen molar-refractivity contribution in [3.63, 3.8) is 0 Å². The second kappa shape index (κ2) is 8.33. The van der Waals surface area contributed by atoms with Crippen molar-refractivity contribution < 1.29 is 35.5 Å². The summed E-state index contributed by atoms with van der Waals surface area (Å²) < 4.78 is 47.1. The Labute approximate surface area is 96.3 Å². The molecule has 0 N–H and O–H groups in total. The fraction of sp³-hybridized carbons (Fsp3) is 0.667. The highest BCUT2D eigenvalue weighted by molar-refractivity contribution is 7.74. The molecule has 8 nitrogen and oxygen atoms in total. The quantitative estimate of drug-likeness (QED) is 0.435. The minimum Gasteiger partial charge on any atom is -0.740 e. The molecule has 16 heavy (non-hydrogen) atoms. The first kappa shape index (κ1) is 15.2. The highest BCUT2D eigenvalue weighted by Gasteiger charge is 2.06. The maximum atomic E-state index is 10.6. The number of unbranched alkanes of at least 4 members (excludes halogenated alkanes) is 1. The first-order valence-electron chi connectivity index (χ1n) is 4.02. The van der Waals surface area contributed by atoms with Gasteiger partial charge in [0.25, 0.3) is 0 Å². The molecular formula is C6H8O8S2-2. The van der Waals surface area contributed by atoms with E-state index in [0.717, 1.165) is 0 Å². The number of hydrogen-bond donors (Lipinski definition) is 0. The van der Waals surface area contributed by atoms with Crippen LogP contribution in [0.4, 0.5) is 0 Å². The smallest absolute Gasteiger partial charge is 0.319 e. The molecular weight excluding hydrogens is 264 g/mol. The van der Waals surface area contributed by atoms with Gasteiger partial charge in [0.1, 0.15) is 22.7 Å². The topological polar surface area (TPSA) is 133 Å². The van der Waals surface area contributed by atoms with Crippen LogP contribution in [0.3, 0.4) is 0 Å². The van der Waals surface area contributed by atoms with E-state index in [2.05, 4.69) is 8.37 Å². The monoisotopic (exact) mass is 272 g/mol. The first-order valence-corrected chi connectivity index (χ1v) is 6.02. The van der Waals surface area contributed by atoms with Crippen molar-refractivity contribution in [2.24, 2.45) is 0 Å². The summed E-state index contributed by atoms with van der Waals surface area (Å²) in [5.74, 6) is -1.87. The van der Waals surface area contributed by atoms with Crippen LogP contribution in [-0.2, 0) is 40.7 Å². The molecule has 2 unspecified atom stereocenters. The van der Waals surface area contributed by atoms with Crippen LogP contribution in [-0.4, -0.2) is 29.5 Å². The van der Waals surface area contributed by atoms with Crippen molar-refractivity contribution >= 4 is 34.7 Å². The average Bonchev–Trinajstić information content (AvgIpc) is 2.10. The molecule has 0 spiro atoms. The molecule has 0 heterocycles. The van der Waals surface area contributed by atoms with Crippen LogP contribution >= 0.6 is 0 Å². The Morgan fingerprint density at radius 1 is 0.875 bits per heavy atom. The van der Waals surface area contributed by atoms with Gasteiger partial charge >= 0.3 is 11.9 Å². The summed E-state index contributed by atoms with van der Waals surface area (Å²) >= 11 is -5.78. The second-order valence-electron chi connectivity index (χ2n) is 2.53. The van der Waals surface area contributed by atoms with Gasteiger partial charge in [-0.25, -0.2) is 8.42 Å². The van der Waals surface area contributed by atoms with Gasteiger partial charge in [-0.3, -0.25) is 9.59 Å². The largest absolute Gasteiger partial charge is 0.740 e. The van der Waals surface area contributed by atoms with E-state index in [1.165, 1.54) is 0 Å². The Morgan fingerprint density at radius 2 is 1.19 bits per heavy atom. The van der Waals surface area contributed by atoms with E-state index in [1.54, 1.807) is 0 Å². The molecule has 10 heteroatoms. The van der Waals surface area contributed by atoms with E-state index in [-0.39, 0.29) is 25.7 Å². The minimum atomic E-state index is -2.89. The lowest BCUT2D eigenvalue weighted by Gasteiger charge is -2.06. The summed E-state index contributed by atoms with van der Waals surface area (Å²) in [6, 6.07) is 0. The van der Waals surface area contributed by atoms with Crippen molar-refractivity contribution in [3.8, 4) is 0 Å². The maximum absolute atomic E-state index is 10.6. The van der Waals surface area contributed by atoms with Crippen LogP contribution in [0.5, 0.6) is 0 Å². The van der Waals surface area contributed by atoms with E-state index in [9.17, 15) is 27.1 Å². The summed E-state index contributed by atoms with van der Waals surface area (Å²) in [6.07, 6.45) is 0.0245. The highest BCUT2D eigenvalue weighted by atomic mass is 32.2. The number of carbonyl (C=O) groups excluding carboxylic acids is 2.